The highest BCUT2D eigenvalue weighted by Gasteiger charge is 2.35. The number of aromatic nitrogens is 2. The van der Waals surface area contributed by atoms with Gasteiger partial charge >= 0.3 is 6.01 Å². The summed E-state index contributed by atoms with van der Waals surface area (Å²) in [5.74, 6) is 0.423. The molecule has 2 fully saturated rings. The second kappa shape index (κ2) is 7.18. The van der Waals surface area contributed by atoms with Crippen molar-refractivity contribution in [3.8, 4) is 0 Å². The maximum absolute atomic E-state index is 12.5. The standard InChI is InChI=1S/C15H24N4O4S/c1-24(21,22)19-10-6-5-9-12(19)13(20)16-15-18-17-14(23-15)11-7-3-2-4-8-11/h11-12H,2-10H2,1H3,(H,16,18,20)/t12-/m1/s1. The van der Waals surface area contributed by atoms with Crippen LogP contribution in [0.3, 0.4) is 0 Å². The molecule has 1 saturated carbocycles. The van der Waals surface area contributed by atoms with Crippen LogP contribution >= 0.6 is 0 Å². The molecule has 2 heterocycles. The predicted octanol–water partition coefficient (Wildman–Crippen LogP) is 1.87. The summed E-state index contributed by atoms with van der Waals surface area (Å²) >= 11 is 0. The van der Waals surface area contributed by atoms with E-state index in [1.807, 2.05) is 0 Å². The number of nitrogens with zero attached hydrogens (tertiary/aromatic N) is 3. The van der Waals surface area contributed by atoms with Gasteiger partial charge in [-0.15, -0.1) is 5.10 Å². The van der Waals surface area contributed by atoms with Gasteiger partial charge in [-0.2, -0.15) is 4.31 Å². The topological polar surface area (TPSA) is 105 Å². The number of rotatable bonds is 4. The molecule has 1 aromatic heterocycles. The second-order valence-electron chi connectivity index (χ2n) is 6.65. The molecule has 1 saturated heterocycles. The molecule has 0 bridgehead atoms. The van der Waals surface area contributed by atoms with Crippen molar-refractivity contribution in [3.05, 3.63) is 5.89 Å². The van der Waals surface area contributed by atoms with Crippen LogP contribution in [0.2, 0.25) is 0 Å². The molecular weight excluding hydrogens is 332 g/mol. The summed E-state index contributed by atoms with van der Waals surface area (Å²) in [5.41, 5.74) is 0. The predicted molar refractivity (Wildman–Crippen MR) is 87.9 cm³/mol. The lowest BCUT2D eigenvalue weighted by Crippen LogP contribution is -2.49. The first-order chi connectivity index (χ1) is 11.4. The minimum Gasteiger partial charge on any atom is -0.408 e. The Morgan fingerprint density at radius 1 is 1.12 bits per heavy atom. The molecular formula is C15H24N4O4S. The Balaban J connectivity index is 1.66. The zero-order valence-electron chi connectivity index (χ0n) is 13.9. The van der Waals surface area contributed by atoms with E-state index in [0.29, 0.717) is 18.9 Å². The lowest BCUT2D eigenvalue weighted by Gasteiger charge is -2.32. The van der Waals surface area contributed by atoms with Crippen LogP contribution in [0.5, 0.6) is 0 Å². The van der Waals surface area contributed by atoms with Gasteiger partial charge in [-0.25, -0.2) is 8.42 Å². The summed E-state index contributed by atoms with van der Waals surface area (Å²) < 4.78 is 30.6. The third-order valence-corrected chi connectivity index (χ3v) is 6.10. The Kier molecular flexibility index (Phi) is 5.19. The third-order valence-electron chi connectivity index (χ3n) is 4.81. The van der Waals surface area contributed by atoms with Crippen molar-refractivity contribution in [1.29, 1.82) is 0 Å². The van der Waals surface area contributed by atoms with E-state index < -0.39 is 22.0 Å². The quantitative estimate of drug-likeness (QED) is 0.883. The Bertz CT molecular complexity index is 681. The molecule has 1 aliphatic heterocycles. The highest BCUT2D eigenvalue weighted by atomic mass is 32.2. The van der Waals surface area contributed by atoms with Crippen molar-refractivity contribution >= 4 is 21.9 Å². The molecule has 0 aromatic carbocycles. The Morgan fingerprint density at radius 3 is 2.54 bits per heavy atom. The fraction of sp³-hybridized carbons (Fsp3) is 0.800. The number of amides is 1. The van der Waals surface area contributed by atoms with Crippen LogP contribution in [-0.4, -0.2) is 47.7 Å². The van der Waals surface area contributed by atoms with Crippen molar-refractivity contribution in [2.24, 2.45) is 0 Å². The number of nitrogens with one attached hydrogen (secondary N) is 1. The van der Waals surface area contributed by atoms with Gasteiger partial charge in [0.2, 0.25) is 21.8 Å². The molecule has 0 unspecified atom stereocenters. The van der Waals surface area contributed by atoms with E-state index in [4.69, 9.17) is 4.42 Å². The van der Waals surface area contributed by atoms with E-state index in [1.54, 1.807) is 0 Å². The molecule has 3 rings (SSSR count). The number of piperidine rings is 1. The van der Waals surface area contributed by atoms with Gasteiger partial charge in [-0.3, -0.25) is 10.1 Å². The van der Waals surface area contributed by atoms with E-state index in [1.165, 1.54) is 10.7 Å². The van der Waals surface area contributed by atoms with Gasteiger partial charge in [0.05, 0.1) is 6.26 Å². The number of anilines is 1. The van der Waals surface area contributed by atoms with Crippen molar-refractivity contribution < 1.29 is 17.6 Å². The molecule has 134 valence electrons. The minimum atomic E-state index is -3.42. The van der Waals surface area contributed by atoms with Gasteiger partial charge in [-0.1, -0.05) is 30.8 Å². The Morgan fingerprint density at radius 2 is 1.83 bits per heavy atom. The Labute approximate surface area is 142 Å². The first-order valence-electron chi connectivity index (χ1n) is 8.56. The van der Waals surface area contributed by atoms with Gasteiger partial charge in [-0.05, 0) is 25.7 Å². The smallest absolute Gasteiger partial charge is 0.322 e. The summed E-state index contributed by atoms with van der Waals surface area (Å²) in [6.45, 7) is 0.369. The van der Waals surface area contributed by atoms with E-state index >= 15 is 0 Å². The normalized spacial score (nSPS) is 24.0. The molecule has 1 aliphatic carbocycles. The van der Waals surface area contributed by atoms with Crippen LogP contribution in [0.1, 0.15) is 63.2 Å². The zero-order valence-corrected chi connectivity index (χ0v) is 14.7. The molecule has 0 radical (unpaired) electrons. The summed E-state index contributed by atoms with van der Waals surface area (Å²) in [4.78, 5) is 12.5. The van der Waals surface area contributed by atoms with Crippen LogP contribution in [-0.2, 0) is 14.8 Å². The van der Waals surface area contributed by atoms with Crippen molar-refractivity contribution in [2.75, 3.05) is 18.1 Å². The van der Waals surface area contributed by atoms with Gasteiger partial charge < -0.3 is 4.42 Å². The van der Waals surface area contributed by atoms with E-state index in [2.05, 4.69) is 15.5 Å². The second-order valence-corrected chi connectivity index (χ2v) is 8.59. The van der Waals surface area contributed by atoms with Crippen LogP contribution in [0.25, 0.3) is 0 Å². The number of sulfonamides is 1. The maximum Gasteiger partial charge on any atom is 0.322 e. The zero-order chi connectivity index (χ0) is 17.2. The summed E-state index contributed by atoms with van der Waals surface area (Å²) in [6.07, 6.45) is 8.82. The molecule has 1 amide bonds. The molecule has 2 aliphatic rings. The Hall–Kier alpha value is -1.48. The molecule has 9 heteroatoms. The lowest BCUT2D eigenvalue weighted by molar-refractivity contribution is -0.120. The largest absolute Gasteiger partial charge is 0.408 e. The first kappa shape index (κ1) is 17.3. The highest BCUT2D eigenvalue weighted by Crippen LogP contribution is 2.32. The van der Waals surface area contributed by atoms with Crippen LogP contribution < -0.4 is 5.32 Å². The SMILES string of the molecule is CS(=O)(=O)N1CCCC[C@@H]1C(=O)Nc1nnc(C2CCCCC2)o1. The number of hydrogen-bond acceptors (Lipinski definition) is 6. The fourth-order valence-electron chi connectivity index (χ4n) is 3.55. The highest BCUT2D eigenvalue weighted by molar-refractivity contribution is 7.88. The van der Waals surface area contributed by atoms with Crippen LogP contribution in [0.15, 0.2) is 4.42 Å². The lowest BCUT2D eigenvalue weighted by atomic mass is 9.89. The van der Waals surface area contributed by atoms with Crippen LogP contribution in [0.4, 0.5) is 6.01 Å². The van der Waals surface area contributed by atoms with Gasteiger partial charge in [0.25, 0.3) is 0 Å². The van der Waals surface area contributed by atoms with Crippen molar-refractivity contribution in [2.45, 2.75) is 63.3 Å². The van der Waals surface area contributed by atoms with Gasteiger partial charge in [0.15, 0.2) is 0 Å². The van der Waals surface area contributed by atoms with E-state index in [-0.39, 0.29) is 11.9 Å². The van der Waals surface area contributed by atoms with Gasteiger partial charge in [0.1, 0.15) is 6.04 Å². The minimum absolute atomic E-state index is 0.0552. The number of carbonyl (C=O) groups is 1. The summed E-state index contributed by atoms with van der Waals surface area (Å²) in [7, 11) is -3.42. The van der Waals surface area contributed by atoms with E-state index in [9.17, 15) is 13.2 Å². The molecule has 1 aromatic rings. The van der Waals surface area contributed by atoms with Crippen LogP contribution in [0, 0.1) is 0 Å². The molecule has 0 spiro atoms. The molecule has 8 nitrogen and oxygen atoms in total. The monoisotopic (exact) mass is 356 g/mol. The summed E-state index contributed by atoms with van der Waals surface area (Å²) in [5, 5.41) is 10.5. The fourth-order valence-corrected chi connectivity index (χ4v) is 4.68. The molecule has 1 N–H and O–H groups in total. The first-order valence-corrected chi connectivity index (χ1v) is 10.4. The average molecular weight is 356 g/mol. The van der Waals surface area contributed by atoms with Gasteiger partial charge in [0, 0.05) is 12.5 Å². The van der Waals surface area contributed by atoms with Crippen molar-refractivity contribution in [3.63, 3.8) is 0 Å². The van der Waals surface area contributed by atoms with E-state index in [0.717, 1.165) is 44.8 Å². The maximum atomic E-state index is 12.5. The van der Waals surface area contributed by atoms with Crippen molar-refractivity contribution in [1.82, 2.24) is 14.5 Å². The summed E-state index contributed by atoms with van der Waals surface area (Å²) in [6, 6.07) is -0.654. The number of hydrogen-bond donors (Lipinski definition) is 1. The average Bonchev–Trinajstić information content (AvgIpc) is 3.03. The third kappa shape index (κ3) is 3.94. The number of carbonyl (C=O) groups excluding carboxylic acids is 1. The molecule has 24 heavy (non-hydrogen) atoms. The molecule has 1 atom stereocenters.